The van der Waals surface area contributed by atoms with Crippen molar-refractivity contribution in [1.29, 1.82) is 0 Å². The summed E-state index contributed by atoms with van der Waals surface area (Å²) in [5, 5.41) is 4.61. The van der Waals surface area contributed by atoms with E-state index in [1.807, 2.05) is 37.4 Å². The first-order chi connectivity index (χ1) is 14.7. The molecule has 31 heavy (non-hydrogen) atoms. The number of rotatable bonds is 5. The lowest BCUT2D eigenvalue weighted by Crippen LogP contribution is -2.36. The highest BCUT2D eigenvalue weighted by Gasteiger charge is 2.30. The average molecular weight is 443 g/mol. The van der Waals surface area contributed by atoms with Crippen LogP contribution in [0.5, 0.6) is 0 Å². The van der Waals surface area contributed by atoms with E-state index in [-0.39, 0.29) is 19.0 Å². The smallest absolute Gasteiger partial charge is 0.258 e. The summed E-state index contributed by atoms with van der Waals surface area (Å²) in [6.07, 6.45) is 1.76. The second-order valence-corrected chi connectivity index (χ2v) is 9.56. The summed E-state index contributed by atoms with van der Waals surface area (Å²) in [4.78, 5) is 14.9. The highest BCUT2D eigenvalue weighted by Crippen LogP contribution is 2.27. The number of carbonyl (C=O) groups excluding carboxylic acids is 1. The Morgan fingerprint density at radius 2 is 1.81 bits per heavy atom. The van der Waals surface area contributed by atoms with E-state index < -0.39 is 15.8 Å². The van der Waals surface area contributed by atoms with Crippen LogP contribution in [0.1, 0.15) is 27.3 Å². The molecule has 0 aliphatic carbocycles. The molecule has 1 aliphatic rings. The maximum atomic E-state index is 13.4. The lowest BCUT2D eigenvalue weighted by atomic mass is 10.1. The van der Waals surface area contributed by atoms with E-state index in [9.17, 15) is 17.6 Å². The van der Waals surface area contributed by atoms with Crippen LogP contribution in [0.4, 0.5) is 10.1 Å². The zero-order valence-corrected chi connectivity index (χ0v) is 18.1. The number of anilines is 1. The van der Waals surface area contributed by atoms with Crippen molar-refractivity contribution < 1.29 is 17.6 Å². The molecule has 1 amide bonds. The maximum absolute atomic E-state index is 13.4. The van der Waals surface area contributed by atoms with Crippen LogP contribution in [0.3, 0.4) is 0 Å². The third-order valence-electron chi connectivity index (χ3n) is 5.47. The van der Waals surface area contributed by atoms with E-state index in [4.69, 9.17) is 0 Å². The molecule has 0 saturated carbocycles. The Labute approximate surface area is 180 Å². The van der Waals surface area contributed by atoms with Crippen LogP contribution in [0.25, 0.3) is 0 Å². The molecule has 7 nitrogen and oxygen atoms in total. The first kappa shape index (κ1) is 21.2. The topological polar surface area (TPSA) is 75.5 Å². The number of sulfonamides is 1. The van der Waals surface area contributed by atoms with Crippen molar-refractivity contribution in [2.75, 3.05) is 17.7 Å². The van der Waals surface area contributed by atoms with Crippen LogP contribution < -0.4 is 4.90 Å². The minimum absolute atomic E-state index is 0.168. The molecule has 9 heteroatoms. The van der Waals surface area contributed by atoms with Crippen molar-refractivity contribution in [3.63, 3.8) is 0 Å². The van der Waals surface area contributed by atoms with Crippen molar-refractivity contribution in [3.05, 3.63) is 82.9 Å². The number of benzene rings is 2. The van der Waals surface area contributed by atoms with Crippen LogP contribution in [-0.4, -0.2) is 41.2 Å². The van der Waals surface area contributed by atoms with Crippen molar-refractivity contribution in [2.24, 2.45) is 7.05 Å². The standard InChI is InChI=1S/C22H23FN4O3S/c1-25-21-12-13-26(31(2,29)30)14-19(21)20(24-25)15-27(18-6-4-3-5-7-18)22(28)16-8-10-17(23)11-9-16/h3-11H,12-15H2,1-2H3. The molecule has 0 N–H and O–H groups in total. The molecule has 4 rings (SSSR count). The molecule has 0 unspecified atom stereocenters. The molecule has 0 fully saturated rings. The van der Waals surface area contributed by atoms with Gasteiger partial charge in [-0.2, -0.15) is 9.40 Å². The van der Waals surface area contributed by atoms with Gasteiger partial charge < -0.3 is 4.90 Å². The number of fused-ring (bicyclic) bond motifs is 1. The zero-order chi connectivity index (χ0) is 22.2. The van der Waals surface area contributed by atoms with Crippen LogP contribution >= 0.6 is 0 Å². The van der Waals surface area contributed by atoms with Gasteiger partial charge in [0, 0.05) is 49.1 Å². The van der Waals surface area contributed by atoms with Crippen molar-refractivity contribution in [2.45, 2.75) is 19.5 Å². The van der Waals surface area contributed by atoms with E-state index in [1.54, 1.807) is 9.58 Å². The summed E-state index contributed by atoms with van der Waals surface area (Å²) in [7, 11) is -1.51. The number of halogens is 1. The van der Waals surface area contributed by atoms with Gasteiger partial charge in [-0.1, -0.05) is 18.2 Å². The molecule has 0 radical (unpaired) electrons. The summed E-state index contributed by atoms with van der Waals surface area (Å²) in [5.41, 5.74) is 3.47. The monoisotopic (exact) mass is 442 g/mol. The van der Waals surface area contributed by atoms with Gasteiger partial charge in [0.1, 0.15) is 5.82 Å². The number of nitrogens with zero attached hydrogens (tertiary/aromatic N) is 4. The Morgan fingerprint density at radius 1 is 1.13 bits per heavy atom. The minimum Gasteiger partial charge on any atom is -0.302 e. The Kier molecular flexibility index (Phi) is 5.63. The third kappa shape index (κ3) is 4.38. The molecule has 0 spiro atoms. The minimum atomic E-state index is -3.34. The number of hydrogen-bond acceptors (Lipinski definition) is 4. The number of aryl methyl sites for hydroxylation is 1. The second kappa shape index (κ2) is 8.24. The summed E-state index contributed by atoms with van der Waals surface area (Å²) >= 11 is 0. The van der Waals surface area contributed by atoms with E-state index in [0.29, 0.717) is 29.9 Å². The molecule has 3 aromatic rings. The molecule has 162 valence electrons. The van der Waals surface area contributed by atoms with Crippen molar-refractivity contribution in [3.8, 4) is 0 Å². The second-order valence-electron chi connectivity index (χ2n) is 7.58. The van der Waals surface area contributed by atoms with Gasteiger partial charge in [0.15, 0.2) is 0 Å². The van der Waals surface area contributed by atoms with Crippen LogP contribution in [0.2, 0.25) is 0 Å². The molecule has 2 aromatic carbocycles. The highest BCUT2D eigenvalue weighted by atomic mass is 32.2. The molecule has 0 saturated heterocycles. The molecular weight excluding hydrogens is 419 g/mol. The number of hydrogen-bond donors (Lipinski definition) is 0. The van der Waals surface area contributed by atoms with Crippen LogP contribution in [0, 0.1) is 5.82 Å². The Morgan fingerprint density at radius 3 is 2.45 bits per heavy atom. The third-order valence-corrected chi connectivity index (χ3v) is 6.72. The largest absolute Gasteiger partial charge is 0.302 e. The maximum Gasteiger partial charge on any atom is 0.258 e. The normalized spacial score (nSPS) is 14.3. The van der Waals surface area contributed by atoms with Crippen molar-refractivity contribution >= 4 is 21.6 Å². The van der Waals surface area contributed by atoms with E-state index in [2.05, 4.69) is 5.10 Å². The SMILES string of the molecule is Cn1nc(CN(C(=O)c2ccc(F)cc2)c2ccccc2)c2c1CCN(S(C)(=O)=O)C2. The molecule has 2 heterocycles. The first-order valence-corrected chi connectivity index (χ1v) is 11.7. The van der Waals surface area contributed by atoms with Crippen LogP contribution in [0.15, 0.2) is 54.6 Å². The molecule has 0 atom stereocenters. The lowest BCUT2D eigenvalue weighted by molar-refractivity contribution is 0.0984. The van der Waals surface area contributed by atoms with E-state index in [0.717, 1.165) is 11.3 Å². The van der Waals surface area contributed by atoms with Gasteiger partial charge in [0.25, 0.3) is 5.91 Å². The van der Waals surface area contributed by atoms with Crippen LogP contribution in [-0.2, 0) is 36.6 Å². The average Bonchev–Trinajstić information content (AvgIpc) is 3.07. The van der Waals surface area contributed by atoms with E-state index >= 15 is 0 Å². The number of aromatic nitrogens is 2. The number of amides is 1. The van der Waals surface area contributed by atoms with Gasteiger partial charge in [-0.15, -0.1) is 0 Å². The Bertz CT molecular complexity index is 1210. The molecular formula is C22H23FN4O3S. The van der Waals surface area contributed by atoms with Gasteiger partial charge in [-0.3, -0.25) is 9.48 Å². The summed E-state index contributed by atoms with van der Waals surface area (Å²) < 4.78 is 40.7. The summed E-state index contributed by atoms with van der Waals surface area (Å²) in [6.45, 7) is 0.799. The molecule has 1 aromatic heterocycles. The fourth-order valence-corrected chi connectivity index (χ4v) is 4.63. The molecule has 1 aliphatic heterocycles. The van der Waals surface area contributed by atoms with Crippen molar-refractivity contribution in [1.82, 2.24) is 14.1 Å². The van der Waals surface area contributed by atoms with Gasteiger partial charge in [-0.25, -0.2) is 12.8 Å². The van der Waals surface area contributed by atoms with Gasteiger partial charge in [0.05, 0.1) is 18.5 Å². The quantitative estimate of drug-likeness (QED) is 0.609. The van der Waals surface area contributed by atoms with Gasteiger partial charge >= 0.3 is 0 Å². The summed E-state index contributed by atoms with van der Waals surface area (Å²) in [6, 6.07) is 14.6. The predicted octanol–water partition coefficient (Wildman–Crippen LogP) is 2.72. The zero-order valence-electron chi connectivity index (χ0n) is 17.3. The number of carbonyl (C=O) groups is 1. The first-order valence-electron chi connectivity index (χ1n) is 9.85. The fourth-order valence-electron chi connectivity index (χ4n) is 3.84. The lowest BCUT2D eigenvalue weighted by Gasteiger charge is -2.27. The molecule has 0 bridgehead atoms. The number of para-hydroxylation sites is 1. The Balaban J connectivity index is 1.72. The van der Waals surface area contributed by atoms with Gasteiger partial charge in [-0.05, 0) is 36.4 Å². The Hall–Kier alpha value is -3.04. The predicted molar refractivity (Wildman–Crippen MR) is 116 cm³/mol. The summed E-state index contributed by atoms with van der Waals surface area (Å²) in [5.74, 6) is -0.705. The van der Waals surface area contributed by atoms with Gasteiger partial charge in [0.2, 0.25) is 10.0 Å². The van der Waals surface area contributed by atoms with E-state index in [1.165, 1.54) is 34.8 Å². The highest BCUT2D eigenvalue weighted by molar-refractivity contribution is 7.88. The fraction of sp³-hybridized carbons (Fsp3) is 0.273.